The molecule has 1 atom stereocenters. The van der Waals surface area contributed by atoms with Crippen molar-refractivity contribution >= 4 is 34.7 Å². The molecule has 0 radical (unpaired) electrons. The van der Waals surface area contributed by atoms with Gasteiger partial charge in [-0.1, -0.05) is 42.8 Å². The zero-order chi connectivity index (χ0) is 24.1. The first kappa shape index (κ1) is 24.0. The number of aromatic nitrogens is 1. The number of rotatable bonds is 7. The molecule has 1 aliphatic heterocycles. The van der Waals surface area contributed by atoms with Crippen molar-refractivity contribution in [1.82, 2.24) is 14.8 Å². The molecule has 2 N–H and O–H groups in total. The summed E-state index contributed by atoms with van der Waals surface area (Å²) in [6.07, 6.45) is 1.58. The molecule has 2 aromatic carbocycles. The number of amides is 1. The molecule has 3 aromatic rings. The van der Waals surface area contributed by atoms with Gasteiger partial charge in [0.05, 0.1) is 22.9 Å². The van der Waals surface area contributed by atoms with E-state index in [0.717, 1.165) is 43.0 Å². The molecule has 0 bridgehead atoms. The Morgan fingerprint density at radius 2 is 2.00 bits per heavy atom. The van der Waals surface area contributed by atoms with E-state index in [4.69, 9.17) is 11.6 Å². The molecule has 1 saturated heterocycles. The Morgan fingerprint density at radius 1 is 1.18 bits per heavy atom. The molecule has 0 saturated carbocycles. The van der Waals surface area contributed by atoms with E-state index >= 15 is 0 Å². The number of anilines is 3. The van der Waals surface area contributed by atoms with Crippen LogP contribution < -0.4 is 10.6 Å². The fourth-order valence-corrected chi connectivity index (χ4v) is 4.42. The first-order valence-electron chi connectivity index (χ1n) is 11.4. The maximum atomic E-state index is 13.5. The number of hydrogen-bond donors (Lipinski definition) is 2. The second-order valence-corrected chi connectivity index (χ2v) is 8.81. The minimum absolute atomic E-state index is 0.00891. The fraction of sp³-hybridized carbons (Fsp3) is 0.308. The average molecular weight is 482 g/mol. The zero-order valence-corrected chi connectivity index (χ0v) is 20.1. The largest absolute Gasteiger partial charge is 0.380 e. The first-order chi connectivity index (χ1) is 16.4. The SMILES string of the molecule is CCN1CCN(C(C)=O)C(c2cccc(Nc3cc(NCc4cccc(F)c4)c(Cl)cn3)c2)C1. The number of nitrogens with one attached hydrogen (secondary N) is 2. The Bertz CT molecular complexity index is 1160. The molecule has 1 fully saturated rings. The van der Waals surface area contributed by atoms with Crippen LogP contribution in [0.5, 0.6) is 0 Å². The molecule has 6 nitrogen and oxygen atoms in total. The van der Waals surface area contributed by atoms with Gasteiger partial charge in [0.1, 0.15) is 11.6 Å². The van der Waals surface area contributed by atoms with Crippen molar-refractivity contribution in [3.05, 3.63) is 82.8 Å². The lowest BCUT2D eigenvalue weighted by molar-refractivity contribution is -0.133. The van der Waals surface area contributed by atoms with Gasteiger partial charge >= 0.3 is 0 Å². The fourth-order valence-electron chi connectivity index (χ4n) is 4.25. The molecule has 2 heterocycles. The van der Waals surface area contributed by atoms with Crippen molar-refractivity contribution in [2.75, 3.05) is 36.8 Å². The van der Waals surface area contributed by atoms with Gasteiger partial charge in [-0.25, -0.2) is 9.37 Å². The third-order valence-electron chi connectivity index (χ3n) is 6.09. The van der Waals surface area contributed by atoms with E-state index in [9.17, 15) is 9.18 Å². The molecule has 0 aliphatic carbocycles. The van der Waals surface area contributed by atoms with Crippen LogP contribution in [0.1, 0.15) is 31.0 Å². The van der Waals surface area contributed by atoms with Gasteiger partial charge in [0, 0.05) is 44.9 Å². The maximum Gasteiger partial charge on any atom is 0.220 e. The maximum absolute atomic E-state index is 13.5. The molecule has 34 heavy (non-hydrogen) atoms. The standard InChI is InChI=1S/C26H29ClFN5O/c1-3-32-10-11-33(18(2)34)25(17-32)20-7-5-9-22(13-20)31-26-14-24(23(27)16-30-26)29-15-19-6-4-8-21(28)12-19/h4-9,12-14,16,25H,3,10-11,15,17H2,1-2H3,(H2,29,30,31). The first-order valence-corrected chi connectivity index (χ1v) is 11.8. The molecule has 178 valence electrons. The van der Waals surface area contributed by atoms with Crippen LogP contribution in [0.4, 0.5) is 21.6 Å². The smallest absolute Gasteiger partial charge is 0.220 e. The van der Waals surface area contributed by atoms with Gasteiger partial charge in [-0.2, -0.15) is 0 Å². The van der Waals surface area contributed by atoms with Gasteiger partial charge in [0.2, 0.25) is 5.91 Å². The van der Waals surface area contributed by atoms with Crippen LogP contribution in [-0.2, 0) is 11.3 Å². The number of benzene rings is 2. The zero-order valence-electron chi connectivity index (χ0n) is 19.4. The Balaban J connectivity index is 1.50. The molecular formula is C26H29ClFN5O. The van der Waals surface area contributed by atoms with Crippen LogP contribution in [0.25, 0.3) is 0 Å². The van der Waals surface area contributed by atoms with E-state index in [1.807, 2.05) is 29.2 Å². The molecule has 0 spiro atoms. The number of pyridine rings is 1. The second kappa shape index (κ2) is 10.8. The highest BCUT2D eigenvalue weighted by Crippen LogP contribution is 2.30. The highest BCUT2D eigenvalue weighted by Gasteiger charge is 2.29. The van der Waals surface area contributed by atoms with Crippen LogP contribution in [0.2, 0.25) is 5.02 Å². The Kier molecular flexibility index (Phi) is 7.65. The predicted octanol–water partition coefficient (Wildman–Crippen LogP) is 5.45. The van der Waals surface area contributed by atoms with Crippen LogP contribution in [0.15, 0.2) is 60.8 Å². The van der Waals surface area contributed by atoms with E-state index < -0.39 is 0 Å². The number of likely N-dealkylation sites (N-methyl/N-ethyl adjacent to an activating group) is 1. The van der Waals surface area contributed by atoms with Gasteiger partial charge in [0.15, 0.2) is 0 Å². The monoisotopic (exact) mass is 481 g/mol. The topological polar surface area (TPSA) is 60.5 Å². The highest BCUT2D eigenvalue weighted by atomic mass is 35.5. The van der Waals surface area contributed by atoms with Crippen molar-refractivity contribution < 1.29 is 9.18 Å². The minimum Gasteiger partial charge on any atom is -0.380 e. The van der Waals surface area contributed by atoms with Crippen molar-refractivity contribution in [2.24, 2.45) is 0 Å². The van der Waals surface area contributed by atoms with Crippen LogP contribution in [0.3, 0.4) is 0 Å². The molecule has 1 unspecified atom stereocenters. The lowest BCUT2D eigenvalue weighted by Gasteiger charge is -2.41. The van der Waals surface area contributed by atoms with Gasteiger partial charge in [-0.15, -0.1) is 0 Å². The third-order valence-corrected chi connectivity index (χ3v) is 6.39. The van der Waals surface area contributed by atoms with Crippen molar-refractivity contribution in [3.63, 3.8) is 0 Å². The summed E-state index contributed by atoms with van der Waals surface area (Å²) >= 11 is 6.33. The summed E-state index contributed by atoms with van der Waals surface area (Å²) in [7, 11) is 0. The van der Waals surface area contributed by atoms with Crippen LogP contribution >= 0.6 is 11.6 Å². The quantitative estimate of drug-likeness (QED) is 0.469. The van der Waals surface area contributed by atoms with Crippen molar-refractivity contribution in [3.8, 4) is 0 Å². The number of carbonyl (C=O) groups is 1. The minimum atomic E-state index is -0.272. The lowest BCUT2D eigenvalue weighted by Crippen LogP contribution is -2.49. The number of carbonyl (C=O) groups excluding carboxylic acids is 1. The number of hydrogen-bond acceptors (Lipinski definition) is 5. The Labute approximate surface area is 204 Å². The normalized spacial score (nSPS) is 16.4. The summed E-state index contributed by atoms with van der Waals surface area (Å²) in [5, 5.41) is 7.07. The Morgan fingerprint density at radius 3 is 2.76 bits per heavy atom. The molecule has 4 rings (SSSR count). The average Bonchev–Trinajstić information content (AvgIpc) is 2.84. The van der Waals surface area contributed by atoms with Gasteiger partial charge in [-0.05, 0) is 41.9 Å². The van der Waals surface area contributed by atoms with Gasteiger partial charge < -0.3 is 15.5 Å². The summed E-state index contributed by atoms with van der Waals surface area (Å²) in [5.74, 6) is 0.448. The molecule has 8 heteroatoms. The van der Waals surface area contributed by atoms with E-state index in [-0.39, 0.29) is 17.8 Å². The number of piperazine rings is 1. The van der Waals surface area contributed by atoms with Crippen LogP contribution in [0, 0.1) is 5.82 Å². The van der Waals surface area contributed by atoms with E-state index in [1.54, 1.807) is 19.2 Å². The third kappa shape index (κ3) is 5.85. The summed E-state index contributed by atoms with van der Waals surface area (Å²) in [5.41, 5.74) is 3.48. The van der Waals surface area contributed by atoms with Crippen LogP contribution in [-0.4, -0.2) is 46.9 Å². The van der Waals surface area contributed by atoms with Gasteiger partial charge in [0.25, 0.3) is 0 Å². The van der Waals surface area contributed by atoms with E-state index in [2.05, 4.69) is 39.6 Å². The number of halogens is 2. The summed E-state index contributed by atoms with van der Waals surface area (Å²) in [6, 6.07) is 16.4. The van der Waals surface area contributed by atoms with Crippen molar-refractivity contribution in [2.45, 2.75) is 26.4 Å². The molecule has 1 aliphatic rings. The molecule has 1 aromatic heterocycles. The van der Waals surface area contributed by atoms with Gasteiger partial charge in [-0.3, -0.25) is 9.69 Å². The second-order valence-electron chi connectivity index (χ2n) is 8.40. The highest BCUT2D eigenvalue weighted by molar-refractivity contribution is 6.33. The summed E-state index contributed by atoms with van der Waals surface area (Å²) in [4.78, 5) is 21.0. The summed E-state index contributed by atoms with van der Waals surface area (Å²) < 4.78 is 13.5. The van der Waals surface area contributed by atoms with Crippen molar-refractivity contribution in [1.29, 1.82) is 0 Å². The van der Waals surface area contributed by atoms with E-state index in [0.29, 0.717) is 23.1 Å². The lowest BCUT2D eigenvalue weighted by atomic mass is 10.0. The predicted molar refractivity (Wildman–Crippen MR) is 135 cm³/mol. The summed E-state index contributed by atoms with van der Waals surface area (Å²) in [6.45, 7) is 7.60. The Hall–Kier alpha value is -3.16. The number of nitrogens with zero attached hydrogens (tertiary/aromatic N) is 3. The molecular weight excluding hydrogens is 453 g/mol. The van der Waals surface area contributed by atoms with E-state index in [1.165, 1.54) is 12.1 Å². The molecule has 1 amide bonds.